The molecule has 2 aromatic rings. The maximum Gasteiger partial charge on any atom is 0.273 e. The molecule has 0 radical (unpaired) electrons. The molecule has 2 rings (SSSR count). The highest BCUT2D eigenvalue weighted by molar-refractivity contribution is 5.97. The molecule has 1 amide bonds. The second-order valence-electron chi connectivity index (χ2n) is 5.15. The molecule has 0 bridgehead atoms. The molecule has 0 unspecified atom stereocenters. The summed E-state index contributed by atoms with van der Waals surface area (Å²) in [6.07, 6.45) is 2.35. The van der Waals surface area contributed by atoms with Gasteiger partial charge in [0.25, 0.3) is 5.91 Å². The van der Waals surface area contributed by atoms with Gasteiger partial charge in [-0.25, -0.2) is 4.68 Å². The van der Waals surface area contributed by atoms with E-state index >= 15 is 0 Å². The van der Waals surface area contributed by atoms with Crippen molar-refractivity contribution in [2.45, 2.75) is 0 Å². The van der Waals surface area contributed by atoms with E-state index in [2.05, 4.69) is 10.4 Å². The van der Waals surface area contributed by atoms with Crippen LogP contribution in [0.3, 0.4) is 0 Å². The number of nitrogens with zero attached hydrogens (tertiary/aromatic N) is 3. The van der Waals surface area contributed by atoms with Crippen LogP contribution in [0.5, 0.6) is 0 Å². The number of carbonyl (C=O) groups excluding carboxylic acids is 2. The first-order chi connectivity index (χ1) is 10.5. The SMILES string of the molecule is CN(C)CCNC(=O)c1nn(-c2ccc(C=O)cc2)cc1N. The van der Waals surface area contributed by atoms with Crippen molar-refractivity contribution in [3.05, 3.63) is 41.7 Å². The maximum atomic E-state index is 12.1. The Bertz CT molecular complexity index is 661. The van der Waals surface area contributed by atoms with Gasteiger partial charge in [-0.3, -0.25) is 9.59 Å². The molecule has 0 saturated heterocycles. The first-order valence-corrected chi connectivity index (χ1v) is 6.85. The predicted octanol–water partition coefficient (Wildman–Crippen LogP) is 0.558. The van der Waals surface area contributed by atoms with Crippen molar-refractivity contribution in [2.75, 3.05) is 32.9 Å². The van der Waals surface area contributed by atoms with Crippen molar-refractivity contribution in [3.8, 4) is 5.69 Å². The molecule has 0 atom stereocenters. The summed E-state index contributed by atoms with van der Waals surface area (Å²) in [5, 5.41) is 6.98. The second-order valence-corrected chi connectivity index (χ2v) is 5.15. The Labute approximate surface area is 128 Å². The molecule has 1 aromatic heterocycles. The largest absolute Gasteiger partial charge is 0.396 e. The summed E-state index contributed by atoms with van der Waals surface area (Å²) < 4.78 is 1.52. The van der Waals surface area contributed by atoms with Crippen molar-refractivity contribution in [1.82, 2.24) is 20.0 Å². The number of benzene rings is 1. The van der Waals surface area contributed by atoms with Crippen molar-refractivity contribution in [1.29, 1.82) is 0 Å². The zero-order valence-corrected chi connectivity index (χ0v) is 12.6. The Morgan fingerprint density at radius 2 is 2.05 bits per heavy atom. The number of likely N-dealkylation sites (N-methyl/N-ethyl adjacent to an activating group) is 1. The van der Waals surface area contributed by atoms with Gasteiger partial charge < -0.3 is 16.0 Å². The molecule has 7 heteroatoms. The molecule has 116 valence electrons. The minimum Gasteiger partial charge on any atom is -0.396 e. The number of aldehydes is 1. The van der Waals surface area contributed by atoms with Gasteiger partial charge in [-0.15, -0.1) is 0 Å². The predicted molar refractivity (Wildman–Crippen MR) is 84.3 cm³/mol. The maximum absolute atomic E-state index is 12.1. The molecule has 0 spiro atoms. The second kappa shape index (κ2) is 6.86. The number of nitrogen functional groups attached to an aromatic ring is 1. The normalized spacial score (nSPS) is 10.7. The van der Waals surface area contributed by atoms with Gasteiger partial charge in [0.05, 0.1) is 17.6 Å². The van der Waals surface area contributed by atoms with Crippen molar-refractivity contribution >= 4 is 17.9 Å². The van der Waals surface area contributed by atoms with Crippen LogP contribution in [-0.4, -0.2) is 54.1 Å². The third-order valence-electron chi connectivity index (χ3n) is 3.10. The lowest BCUT2D eigenvalue weighted by molar-refractivity contribution is 0.0946. The van der Waals surface area contributed by atoms with Gasteiger partial charge in [-0.1, -0.05) is 0 Å². The lowest BCUT2D eigenvalue weighted by Gasteiger charge is -2.09. The fourth-order valence-electron chi connectivity index (χ4n) is 1.88. The van der Waals surface area contributed by atoms with E-state index in [1.54, 1.807) is 30.5 Å². The van der Waals surface area contributed by atoms with Gasteiger partial charge in [-0.2, -0.15) is 5.10 Å². The van der Waals surface area contributed by atoms with Gasteiger partial charge in [-0.05, 0) is 38.4 Å². The molecule has 0 aliphatic rings. The van der Waals surface area contributed by atoms with E-state index in [1.165, 1.54) is 4.68 Å². The Morgan fingerprint density at radius 3 is 2.64 bits per heavy atom. The van der Waals surface area contributed by atoms with Crippen LogP contribution in [-0.2, 0) is 0 Å². The van der Waals surface area contributed by atoms with Crippen LogP contribution in [0.15, 0.2) is 30.5 Å². The molecular formula is C15H19N5O2. The highest BCUT2D eigenvalue weighted by Gasteiger charge is 2.15. The highest BCUT2D eigenvalue weighted by Crippen LogP contribution is 2.14. The summed E-state index contributed by atoms with van der Waals surface area (Å²) >= 11 is 0. The third kappa shape index (κ3) is 3.70. The number of nitrogens with two attached hydrogens (primary N) is 1. The molecule has 0 fully saturated rings. The molecule has 0 aliphatic carbocycles. The number of hydrogen-bond donors (Lipinski definition) is 2. The van der Waals surface area contributed by atoms with E-state index in [1.807, 2.05) is 19.0 Å². The number of aromatic nitrogens is 2. The van der Waals surface area contributed by atoms with Crippen LogP contribution in [0, 0.1) is 0 Å². The number of nitrogens with one attached hydrogen (secondary N) is 1. The Kier molecular flexibility index (Phi) is 4.90. The van der Waals surface area contributed by atoms with E-state index in [4.69, 9.17) is 5.73 Å². The van der Waals surface area contributed by atoms with E-state index in [0.29, 0.717) is 17.8 Å². The number of rotatable bonds is 6. The summed E-state index contributed by atoms with van der Waals surface area (Å²) in [5.74, 6) is -0.303. The molecule has 3 N–H and O–H groups in total. The van der Waals surface area contributed by atoms with Crippen molar-refractivity contribution in [3.63, 3.8) is 0 Å². The summed E-state index contributed by atoms with van der Waals surface area (Å²) in [7, 11) is 3.86. The molecule has 0 saturated carbocycles. The average Bonchev–Trinajstić information content (AvgIpc) is 2.89. The van der Waals surface area contributed by atoms with Gasteiger partial charge in [0, 0.05) is 18.7 Å². The minimum absolute atomic E-state index is 0.193. The Morgan fingerprint density at radius 1 is 1.36 bits per heavy atom. The topological polar surface area (TPSA) is 93.2 Å². The summed E-state index contributed by atoms with van der Waals surface area (Å²) in [5.41, 5.74) is 7.66. The van der Waals surface area contributed by atoms with E-state index in [9.17, 15) is 9.59 Å². The van der Waals surface area contributed by atoms with Gasteiger partial charge in [0.1, 0.15) is 6.29 Å². The first kappa shape index (κ1) is 15.7. The third-order valence-corrected chi connectivity index (χ3v) is 3.10. The van der Waals surface area contributed by atoms with E-state index < -0.39 is 0 Å². The lowest BCUT2D eigenvalue weighted by atomic mass is 10.2. The molecule has 0 aliphatic heterocycles. The van der Waals surface area contributed by atoms with Gasteiger partial charge in [0.15, 0.2) is 5.69 Å². The molecular weight excluding hydrogens is 282 g/mol. The summed E-state index contributed by atoms with van der Waals surface area (Å²) in [6.45, 7) is 1.26. The molecule has 1 heterocycles. The van der Waals surface area contributed by atoms with E-state index in [0.717, 1.165) is 18.5 Å². The Balaban J connectivity index is 2.12. The Hall–Kier alpha value is -2.67. The van der Waals surface area contributed by atoms with E-state index in [-0.39, 0.29) is 11.6 Å². The molecule has 22 heavy (non-hydrogen) atoms. The first-order valence-electron chi connectivity index (χ1n) is 6.85. The summed E-state index contributed by atoms with van der Waals surface area (Å²) in [4.78, 5) is 24.7. The smallest absolute Gasteiger partial charge is 0.273 e. The minimum atomic E-state index is -0.303. The molecule has 7 nitrogen and oxygen atoms in total. The fraction of sp³-hybridized carbons (Fsp3) is 0.267. The fourth-order valence-corrected chi connectivity index (χ4v) is 1.88. The van der Waals surface area contributed by atoms with Gasteiger partial charge in [0.2, 0.25) is 0 Å². The number of carbonyl (C=O) groups is 2. The number of amides is 1. The summed E-state index contributed by atoms with van der Waals surface area (Å²) in [6, 6.07) is 6.84. The number of anilines is 1. The van der Waals surface area contributed by atoms with Crippen LogP contribution in [0.2, 0.25) is 0 Å². The van der Waals surface area contributed by atoms with Crippen LogP contribution in [0.4, 0.5) is 5.69 Å². The highest BCUT2D eigenvalue weighted by atomic mass is 16.2. The quantitative estimate of drug-likeness (QED) is 0.760. The standard InChI is InChI=1S/C15H19N5O2/c1-19(2)8-7-17-15(22)14-13(16)9-20(18-14)12-5-3-11(10-21)4-6-12/h3-6,9-10H,7-8,16H2,1-2H3,(H,17,22). The van der Waals surface area contributed by atoms with Crippen LogP contribution >= 0.6 is 0 Å². The van der Waals surface area contributed by atoms with Crippen molar-refractivity contribution < 1.29 is 9.59 Å². The molecule has 1 aromatic carbocycles. The lowest BCUT2D eigenvalue weighted by Crippen LogP contribution is -2.32. The van der Waals surface area contributed by atoms with Crippen LogP contribution < -0.4 is 11.1 Å². The number of hydrogen-bond acceptors (Lipinski definition) is 5. The zero-order chi connectivity index (χ0) is 16.1. The van der Waals surface area contributed by atoms with Crippen molar-refractivity contribution in [2.24, 2.45) is 0 Å². The van der Waals surface area contributed by atoms with Gasteiger partial charge >= 0.3 is 0 Å². The van der Waals surface area contributed by atoms with Crippen LogP contribution in [0.25, 0.3) is 5.69 Å². The van der Waals surface area contributed by atoms with Crippen LogP contribution in [0.1, 0.15) is 20.8 Å². The zero-order valence-electron chi connectivity index (χ0n) is 12.6. The monoisotopic (exact) mass is 301 g/mol. The average molecular weight is 301 g/mol.